The van der Waals surface area contributed by atoms with Gasteiger partial charge in [0, 0.05) is 5.69 Å². The van der Waals surface area contributed by atoms with Crippen LogP contribution in [-0.4, -0.2) is 16.1 Å². The lowest BCUT2D eigenvalue weighted by molar-refractivity contribution is 0.0933. The second-order valence-corrected chi connectivity index (χ2v) is 5.03. The largest absolute Gasteiger partial charge is 0.345 e. The topological polar surface area (TPSA) is 57.8 Å². The molecule has 2 rings (SSSR count). The summed E-state index contributed by atoms with van der Waals surface area (Å²) in [6.45, 7) is 5.83. The molecule has 4 heteroatoms. The number of H-pyrrole nitrogens is 1. The Morgan fingerprint density at radius 3 is 2.55 bits per heavy atom. The molecule has 0 saturated carbocycles. The number of benzene rings is 1. The number of aromatic amines is 1. The zero-order valence-corrected chi connectivity index (χ0v) is 12.2. The van der Waals surface area contributed by atoms with Gasteiger partial charge in [0.25, 0.3) is 5.91 Å². The molecule has 0 aliphatic rings. The standard InChI is InChI=1S/C16H21N3O/c1-4-8-14(13-9-6-5-7-10-13)17-16(20)15-11(2)18-19-12(15)3/h5-7,9-10,14H,4,8H2,1-3H3,(H,17,20)(H,18,19). The van der Waals surface area contributed by atoms with Gasteiger partial charge in [-0.05, 0) is 25.8 Å². The molecule has 1 unspecified atom stereocenters. The monoisotopic (exact) mass is 271 g/mol. The van der Waals surface area contributed by atoms with E-state index in [1.165, 1.54) is 0 Å². The number of hydrogen-bond acceptors (Lipinski definition) is 2. The Morgan fingerprint density at radius 2 is 2.00 bits per heavy atom. The van der Waals surface area contributed by atoms with E-state index in [0.29, 0.717) is 5.56 Å². The summed E-state index contributed by atoms with van der Waals surface area (Å²) in [6.07, 6.45) is 1.94. The van der Waals surface area contributed by atoms with Gasteiger partial charge in [-0.3, -0.25) is 9.89 Å². The first-order chi connectivity index (χ1) is 9.63. The second kappa shape index (κ2) is 6.37. The van der Waals surface area contributed by atoms with Crippen LogP contribution in [0.3, 0.4) is 0 Å². The molecule has 1 heterocycles. The van der Waals surface area contributed by atoms with E-state index >= 15 is 0 Å². The van der Waals surface area contributed by atoms with Crippen LogP contribution in [-0.2, 0) is 0 Å². The van der Waals surface area contributed by atoms with Gasteiger partial charge >= 0.3 is 0 Å². The first-order valence-electron chi connectivity index (χ1n) is 7.00. The maximum absolute atomic E-state index is 12.4. The zero-order valence-electron chi connectivity index (χ0n) is 12.2. The fourth-order valence-corrected chi connectivity index (χ4v) is 2.41. The van der Waals surface area contributed by atoms with Crippen molar-refractivity contribution in [1.82, 2.24) is 15.5 Å². The van der Waals surface area contributed by atoms with Crippen molar-refractivity contribution >= 4 is 5.91 Å². The van der Waals surface area contributed by atoms with Crippen LogP contribution < -0.4 is 5.32 Å². The van der Waals surface area contributed by atoms with Crippen molar-refractivity contribution in [2.45, 2.75) is 39.7 Å². The molecule has 20 heavy (non-hydrogen) atoms. The van der Waals surface area contributed by atoms with Crippen molar-refractivity contribution in [2.75, 3.05) is 0 Å². The average molecular weight is 271 g/mol. The first kappa shape index (κ1) is 14.3. The quantitative estimate of drug-likeness (QED) is 0.876. The second-order valence-electron chi connectivity index (χ2n) is 5.03. The summed E-state index contributed by atoms with van der Waals surface area (Å²) in [4.78, 5) is 12.4. The third kappa shape index (κ3) is 3.07. The summed E-state index contributed by atoms with van der Waals surface area (Å²) in [5.74, 6) is -0.0592. The van der Waals surface area contributed by atoms with Crippen molar-refractivity contribution in [2.24, 2.45) is 0 Å². The van der Waals surface area contributed by atoms with E-state index < -0.39 is 0 Å². The Balaban J connectivity index is 2.19. The van der Waals surface area contributed by atoms with Gasteiger partial charge in [-0.1, -0.05) is 43.7 Å². The maximum atomic E-state index is 12.4. The molecule has 0 radical (unpaired) electrons. The van der Waals surface area contributed by atoms with E-state index in [0.717, 1.165) is 29.8 Å². The summed E-state index contributed by atoms with van der Waals surface area (Å²) in [6, 6.07) is 10.1. The number of aryl methyl sites for hydroxylation is 2. The van der Waals surface area contributed by atoms with Gasteiger partial charge in [0.15, 0.2) is 0 Å². The van der Waals surface area contributed by atoms with Crippen LogP contribution in [0.1, 0.15) is 53.1 Å². The minimum Gasteiger partial charge on any atom is -0.345 e. The molecule has 1 amide bonds. The lowest BCUT2D eigenvalue weighted by Crippen LogP contribution is -2.29. The number of rotatable bonds is 5. The molecule has 0 fully saturated rings. The lowest BCUT2D eigenvalue weighted by Gasteiger charge is -2.18. The predicted octanol–water partition coefficient (Wildman–Crippen LogP) is 3.30. The molecule has 1 aromatic carbocycles. The van der Waals surface area contributed by atoms with Crippen LogP contribution in [0.4, 0.5) is 0 Å². The summed E-state index contributed by atoms with van der Waals surface area (Å²) < 4.78 is 0. The fourth-order valence-electron chi connectivity index (χ4n) is 2.41. The van der Waals surface area contributed by atoms with Gasteiger partial charge < -0.3 is 5.32 Å². The van der Waals surface area contributed by atoms with Crippen molar-refractivity contribution in [3.05, 3.63) is 52.8 Å². The van der Waals surface area contributed by atoms with Crippen molar-refractivity contribution in [3.63, 3.8) is 0 Å². The van der Waals surface area contributed by atoms with Gasteiger partial charge in [-0.25, -0.2) is 0 Å². The number of aromatic nitrogens is 2. The highest BCUT2D eigenvalue weighted by atomic mass is 16.1. The van der Waals surface area contributed by atoms with Gasteiger partial charge in [0.1, 0.15) is 0 Å². The number of amides is 1. The van der Waals surface area contributed by atoms with Crippen LogP contribution in [0.2, 0.25) is 0 Å². The van der Waals surface area contributed by atoms with E-state index in [4.69, 9.17) is 0 Å². The van der Waals surface area contributed by atoms with Gasteiger partial charge in [0.05, 0.1) is 17.3 Å². The van der Waals surface area contributed by atoms with Gasteiger partial charge in [0.2, 0.25) is 0 Å². The molecule has 4 nitrogen and oxygen atoms in total. The smallest absolute Gasteiger partial charge is 0.255 e. The SMILES string of the molecule is CCCC(NC(=O)c1c(C)n[nH]c1C)c1ccccc1. The molecule has 106 valence electrons. The predicted molar refractivity (Wildman–Crippen MR) is 79.6 cm³/mol. The molecular weight excluding hydrogens is 250 g/mol. The minimum absolute atomic E-state index is 0.0439. The van der Waals surface area contributed by atoms with Gasteiger partial charge in [-0.2, -0.15) is 5.10 Å². The fraction of sp³-hybridized carbons (Fsp3) is 0.375. The summed E-state index contributed by atoms with van der Waals surface area (Å²) >= 11 is 0. The first-order valence-corrected chi connectivity index (χ1v) is 7.00. The zero-order chi connectivity index (χ0) is 14.5. The highest BCUT2D eigenvalue weighted by molar-refractivity contribution is 5.96. The molecule has 0 bridgehead atoms. The van der Waals surface area contributed by atoms with Crippen LogP contribution in [0.15, 0.2) is 30.3 Å². The lowest BCUT2D eigenvalue weighted by atomic mass is 10.0. The minimum atomic E-state index is -0.0592. The Bertz CT molecular complexity index is 555. The molecule has 1 aromatic heterocycles. The molecule has 2 N–H and O–H groups in total. The normalized spacial score (nSPS) is 12.2. The van der Waals surface area contributed by atoms with Gasteiger partial charge in [-0.15, -0.1) is 0 Å². The van der Waals surface area contributed by atoms with E-state index in [-0.39, 0.29) is 11.9 Å². The van der Waals surface area contributed by atoms with Crippen LogP contribution in [0.25, 0.3) is 0 Å². The Labute approximate surface area is 119 Å². The van der Waals surface area contributed by atoms with E-state index in [1.807, 2.05) is 32.0 Å². The van der Waals surface area contributed by atoms with E-state index in [2.05, 4.69) is 34.6 Å². The summed E-state index contributed by atoms with van der Waals surface area (Å²) in [5.41, 5.74) is 3.34. The van der Waals surface area contributed by atoms with Crippen LogP contribution >= 0.6 is 0 Å². The Hall–Kier alpha value is -2.10. The highest BCUT2D eigenvalue weighted by Gasteiger charge is 2.19. The molecular formula is C16H21N3O. The number of nitrogens with zero attached hydrogens (tertiary/aromatic N) is 1. The van der Waals surface area contributed by atoms with E-state index in [1.54, 1.807) is 0 Å². The number of carbonyl (C=O) groups is 1. The Kier molecular flexibility index (Phi) is 4.56. The van der Waals surface area contributed by atoms with E-state index in [9.17, 15) is 4.79 Å². The molecule has 0 saturated heterocycles. The number of hydrogen-bond donors (Lipinski definition) is 2. The summed E-state index contributed by atoms with van der Waals surface area (Å²) in [7, 11) is 0. The maximum Gasteiger partial charge on any atom is 0.255 e. The molecule has 0 aliphatic heterocycles. The van der Waals surface area contributed by atoms with Crippen molar-refractivity contribution < 1.29 is 4.79 Å². The van der Waals surface area contributed by atoms with Crippen molar-refractivity contribution in [1.29, 1.82) is 0 Å². The van der Waals surface area contributed by atoms with Crippen LogP contribution in [0.5, 0.6) is 0 Å². The number of nitrogens with one attached hydrogen (secondary N) is 2. The molecule has 2 aromatic rings. The molecule has 0 aliphatic carbocycles. The molecule has 0 spiro atoms. The highest BCUT2D eigenvalue weighted by Crippen LogP contribution is 2.19. The summed E-state index contributed by atoms with van der Waals surface area (Å²) in [5, 5.41) is 10.0. The van der Waals surface area contributed by atoms with Crippen LogP contribution in [0, 0.1) is 13.8 Å². The third-order valence-corrected chi connectivity index (χ3v) is 3.44. The van der Waals surface area contributed by atoms with Crippen molar-refractivity contribution in [3.8, 4) is 0 Å². The molecule has 1 atom stereocenters. The average Bonchev–Trinajstić information content (AvgIpc) is 2.78. The Morgan fingerprint density at radius 1 is 1.30 bits per heavy atom. The number of carbonyl (C=O) groups excluding carboxylic acids is 1. The third-order valence-electron chi connectivity index (χ3n) is 3.44.